The quantitative estimate of drug-likeness (QED) is 0.314. The van der Waals surface area contributed by atoms with Gasteiger partial charge < -0.3 is 10.8 Å². The van der Waals surface area contributed by atoms with Gasteiger partial charge in [-0.15, -0.1) is 23.2 Å². The van der Waals surface area contributed by atoms with Gasteiger partial charge in [0, 0.05) is 11.5 Å². The number of carbonyl (C=O) groups excluding carboxylic acids is 5. The van der Waals surface area contributed by atoms with Gasteiger partial charge in [-0.05, 0) is 55.5 Å². The molecular formula is C28H22Cl2FN3O6. The molecule has 1 saturated carbocycles. The Labute approximate surface area is 237 Å². The normalized spacial score (nSPS) is 33.0. The average molecular weight is 586 g/mol. The molecule has 2 saturated heterocycles. The third-order valence-electron chi connectivity index (χ3n) is 8.70. The van der Waals surface area contributed by atoms with Gasteiger partial charge in [-0.25, -0.2) is 14.1 Å². The molecule has 0 spiro atoms. The maximum Gasteiger partial charge on any atom is 0.328 e. The fraction of sp³-hybridized carbons (Fsp3) is 0.321. The van der Waals surface area contributed by atoms with Gasteiger partial charge in [0.1, 0.15) is 11.6 Å². The molecule has 0 aromatic heterocycles. The monoisotopic (exact) mass is 585 g/mol. The first-order valence-corrected chi connectivity index (χ1v) is 13.3. The predicted molar refractivity (Wildman–Crippen MR) is 141 cm³/mol. The molecule has 206 valence electrons. The lowest BCUT2D eigenvalue weighted by Crippen LogP contribution is -2.60. The number of halogens is 3. The van der Waals surface area contributed by atoms with Crippen molar-refractivity contribution in [1.82, 2.24) is 4.90 Å². The van der Waals surface area contributed by atoms with Gasteiger partial charge in [0.25, 0.3) is 11.8 Å². The number of likely N-dealkylation sites (tertiary alicyclic amines) is 1. The second-order valence-electron chi connectivity index (χ2n) is 10.6. The summed E-state index contributed by atoms with van der Waals surface area (Å²) in [4.78, 5) is 63.5. The summed E-state index contributed by atoms with van der Waals surface area (Å²) in [5, 5.41) is 11.1. The van der Waals surface area contributed by atoms with Crippen molar-refractivity contribution in [3.05, 3.63) is 71.1 Å². The van der Waals surface area contributed by atoms with Gasteiger partial charge in [0.2, 0.25) is 11.8 Å². The largest absolute Gasteiger partial charge is 0.507 e. The lowest BCUT2D eigenvalue weighted by Gasteiger charge is -2.50. The van der Waals surface area contributed by atoms with Crippen LogP contribution in [0.2, 0.25) is 0 Å². The molecule has 2 aromatic rings. The molecule has 2 aliphatic carbocycles. The van der Waals surface area contributed by atoms with Crippen LogP contribution in [0.1, 0.15) is 29.9 Å². The molecule has 9 nitrogen and oxygen atoms in total. The maximum atomic E-state index is 14.2. The molecule has 4 aliphatic rings. The van der Waals surface area contributed by atoms with Crippen molar-refractivity contribution >= 4 is 58.5 Å². The van der Waals surface area contributed by atoms with E-state index in [0.717, 1.165) is 17.0 Å². The van der Waals surface area contributed by atoms with Crippen molar-refractivity contribution in [2.45, 2.75) is 35.4 Å². The predicted octanol–water partition coefficient (Wildman–Crippen LogP) is 3.48. The van der Waals surface area contributed by atoms with E-state index in [4.69, 9.17) is 28.9 Å². The SMILES string of the molecule is Cc1cccc(C2C3=CCC4C(=O)N(C(N)=O)C(=O)C4C3CC3(Cl)C(=O)N(c4ccc(F)cc4)C(=O)C23Cl)c1O. The highest BCUT2D eigenvalue weighted by molar-refractivity contribution is 6.58. The van der Waals surface area contributed by atoms with Crippen LogP contribution in [-0.2, 0) is 19.2 Å². The summed E-state index contributed by atoms with van der Waals surface area (Å²) in [6, 6.07) is 8.29. The Morgan fingerprint density at radius 2 is 1.70 bits per heavy atom. The highest BCUT2D eigenvalue weighted by Crippen LogP contribution is 2.66. The number of anilines is 1. The van der Waals surface area contributed by atoms with Crippen LogP contribution in [0.3, 0.4) is 0 Å². The number of primary amides is 1. The number of phenols is 1. The molecule has 0 radical (unpaired) electrons. The molecule has 6 atom stereocenters. The number of benzene rings is 2. The Bertz CT molecular complexity index is 1580. The zero-order chi connectivity index (χ0) is 28.9. The van der Waals surface area contributed by atoms with Crippen LogP contribution < -0.4 is 10.6 Å². The van der Waals surface area contributed by atoms with Crippen molar-refractivity contribution < 1.29 is 33.5 Å². The second-order valence-corrected chi connectivity index (χ2v) is 11.9. The van der Waals surface area contributed by atoms with E-state index in [1.54, 1.807) is 31.2 Å². The number of para-hydroxylation sites is 1. The number of urea groups is 1. The Morgan fingerprint density at radius 1 is 1.02 bits per heavy atom. The summed E-state index contributed by atoms with van der Waals surface area (Å²) < 4.78 is 13.7. The first-order valence-electron chi connectivity index (χ1n) is 12.5. The van der Waals surface area contributed by atoms with Gasteiger partial charge in [-0.3, -0.25) is 19.2 Å². The summed E-state index contributed by atoms with van der Waals surface area (Å²) in [5.41, 5.74) is 6.50. The molecule has 2 heterocycles. The maximum absolute atomic E-state index is 14.2. The van der Waals surface area contributed by atoms with Gasteiger partial charge in [-0.2, -0.15) is 4.90 Å². The van der Waals surface area contributed by atoms with E-state index in [1.165, 1.54) is 12.1 Å². The van der Waals surface area contributed by atoms with Crippen LogP contribution in [0.4, 0.5) is 14.9 Å². The Morgan fingerprint density at radius 3 is 2.35 bits per heavy atom. The highest BCUT2D eigenvalue weighted by atomic mass is 35.5. The summed E-state index contributed by atoms with van der Waals surface area (Å²) in [7, 11) is 0. The molecule has 3 fully saturated rings. The molecule has 40 heavy (non-hydrogen) atoms. The zero-order valence-electron chi connectivity index (χ0n) is 20.9. The number of aryl methyl sites for hydroxylation is 1. The molecule has 6 unspecified atom stereocenters. The number of hydrogen-bond donors (Lipinski definition) is 2. The number of rotatable bonds is 2. The van der Waals surface area contributed by atoms with E-state index >= 15 is 0 Å². The number of fused-ring (bicyclic) bond motifs is 4. The Balaban J connectivity index is 1.59. The van der Waals surface area contributed by atoms with Gasteiger partial charge in [0.05, 0.1) is 17.5 Å². The van der Waals surface area contributed by atoms with E-state index < -0.39 is 68.9 Å². The number of phenolic OH excluding ortho intramolecular Hbond substituents is 1. The van der Waals surface area contributed by atoms with Crippen molar-refractivity contribution in [2.24, 2.45) is 23.5 Å². The molecule has 12 heteroatoms. The third-order valence-corrected chi connectivity index (χ3v) is 10.1. The van der Waals surface area contributed by atoms with Crippen LogP contribution in [0, 0.1) is 30.5 Å². The zero-order valence-corrected chi connectivity index (χ0v) is 22.4. The molecule has 6 amide bonds. The van der Waals surface area contributed by atoms with Crippen LogP contribution in [0.15, 0.2) is 54.1 Å². The van der Waals surface area contributed by atoms with E-state index in [9.17, 15) is 33.5 Å². The lowest BCUT2D eigenvalue weighted by molar-refractivity contribution is -0.136. The number of amides is 6. The number of carbonyl (C=O) groups is 5. The topological polar surface area (TPSA) is 138 Å². The standard InChI is InChI=1S/C28H22Cl2FN3O6/c1-12-3-2-4-17(21(12)35)20-15-9-10-16-19(23(37)34(22(16)36)26(32)40)18(15)11-27(29)24(38)33(25(39)28(20,27)30)14-7-5-13(31)6-8-14/h2-9,16,18-20,35H,10-11H2,1H3,(H2,32,40). The fourth-order valence-electron chi connectivity index (χ4n) is 6.88. The number of aromatic hydroxyl groups is 1. The number of hydrogen-bond acceptors (Lipinski definition) is 6. The smallest absolute Gasteiger partial charge is 0.328 e. The molecule has 0 bridgehead atoms. The van der Waals surface area contributed by atoms with Crippen molar-refractivity contribution in [1.29, 1.82) is 0 Å². The number of imide groups is 4. The molecule has 6 rings (SSSR count). The highest BCUT2D eigenvalue weighted by Gasteiger charge is 2.77. The van der Waals surface area contributed by atoms with Gasteiger partial charge >= 0.3 is 6.03 Å². The minimum absolute atomic E-state index is 0.0416. The Hall–Kier alpha value is -3.76. The number of nitrogens with two attached hydrogens (primary N) is 1. The summed E-state index contributed by atoms with van der Waals surface area (Å²) in [6.07, 6.45) is 1.40. The van der Waals surface area contributed by atoms with Crippen LogP contribution >= 0.6 is 23.2 Å². The third kappa shape index (κ3) is 3.17. The second kappa shape index (κ2) is 8.62. The van der Waals surface area contributed by atoms with E-state index in [2.05, 4.69) is 0 Å². The fourth-order valence-corrected chi connectivity index (χ4v) is 7.80. The first-order chi connectivity index (χ1) is 18.8. The average Bonchev–Trinajstić information content (AvgIpc) is 3.25. The van der Waals surface area contributed by atoms with Crippen LogP contribution in [0.5, 0.6) is 5.75 Å². The lowest BCUT2D eigenvalue weighted by atomic mass is 9.56. The van der Waals surface area contributed by atoms with Gasteiger partial charge in [0.15, 0.2) is 9.75 Å². The van der Waals surface area contributed by atoms with E-state index in [0.29, 0.717) is 16.0 Å². The van der Waals surface area contributed by atoms with Gasteiger partial charge in [-0.1, -0.05) is 29.8 Å². The van der Waals surface area contributed by atoms with Crippen molar-refractivity contribution in [2.75, 3.05) is 4.90 Å². The number of nitrogens with zero attached hydrogens (tertiary/aromatic N) is 2. The van der Waals surface area contributed by atoms with E-state index in [1.807, 2.05) is 0 Å². The summed E-state index contributed by atoms with van der Waals surface area (Å²) in [5.74, 6) is -8.20. The van der Waals surface area contributed by atoms with Crippen molar-refractivity contribution in [3.8, 4) is 5.75 Å². The summed E-state index contributed by atoms with van der Waals surface area (Å²) >= 11 is 14.4. The molecule has 2 aliphatic heterocycles. The number of alkyl halides is 2. The van der Waals surface area contributed by atoms with Crippen molar-refractivity contribution in [3.63, 3.8) is 0 Å². The molecular weight excluding hydrogens is 564 g/mol. The van der Waals surface area contributed by atoms with Crippen LogP contribution in [0.25, 0.3) is 0 Å². The molecule has 3 N–H and O–H groups in total. The Kier molecular flexibility index (Phi) is 5.70. The summed E-state index contributed by atoms with van der Waals surface area (Å²) in [6.45, 7) is 1.65. The minimum Gasteiger partial charge on any atom is -0.507 e. The first kappa shape index (κ1) is 26.5. The van der Waals surface area contributed by atoms with Crippen LogP contribution in [-0.4, -0.2) is 49.4 Å². The van der Waals surface area contributed by atoms with E-state index in [-0.39, 0.29) is 29.8 Å². The number of allylic oxidation sites excluding steroid dienone is 2. The molecule has 2 aromatic carbocycles. The minimum atomic E-state index is -2.17.